The number of hydrogen-bond donors (Lipinski definition) is 0. The van der Waals surface area contributed by atoms with E-state index in [1.54, 1.807) is 0 Å². The molecule has 1 aromatic carbocycles. The lowest BCUT2D eigenvalue weighted by Crippen LogP contribution is -2.50. The number of aromatic nitrogens is 2. The SMILES string of the molecule is Cc1cc(C)n(Cc2cccc(C(=O)N3CCCC3CN3CC(C)OC(C)C3)c2)n1. The van der Waals surface area contributed by atoms with Gasteiger partial charge in [0.2, 0.25) is 0 Å². The number of hydrogen-bond acceptors (Lipinski definition) is 4. The van der Waals surface area contributed by atoms with E-state index in [0.717, 1.165) is 61.5 Å². The summed E-state index contributed by atoms with van der Waals surface area (Å²) in [4.78, 5) is 17.9. The molecule has 6 heteroatoms. The van der Waals surface area contributed by atoms with Crippen molar-refractivity contribution in [3.05, 3.63) is 52.8 Å². The first-order valence-electron chi connectivity index (χ1n) is 11.2. The van der Waals surface area contributed by atoms with Crippen molar-refractivity contribution in [1.29, 1.82) is 0 Å². The molecule has 2 saturated heterocycles. The summed E-state index contributed by atoms with van der Waals surface area (Å²) in [6.45, 7) is 12.7. The molecular formula is C24H34N4O2. The molecule has 162 valence electrons. The summed E-state index contributed by atoms with van der Waals surface area (Å²) < 4.78 is 7.87. The van der Waals surface area contributed by atoms with E-state index in [1.807, 2.05) is 29.8 Å². The zero-order valence-electron chi connectivity index (χ0n) is 18.7. The molecule has 0 saturated carbocycles. The molecule has 0 N–H and O–H groups in total. The molecule has 0 spiro atoms. The molecule has 2 fully saturated rings. The molecule has 1 amide bonds. The first-order chi connectivity index (χ1) is 14.4. The topological polar surface area (TPSA) is 50.6 Å². The van der Waals surface area contributed by atoms with Crippen LogP contribution in [-0.2, 0) is 11.3 Å². The summed E-state index contributed by atoms with van der Waals surface area (Å²) in [7, 11) is 0. The number of amides is 1. The lowest BCUT2D eigenvalue weighted by atomic mass is 10.1. The Labute approximate surface area is 179 Å². The lowest BCUT2D eigenvalue weighted by molar-refractivity contribution is -0.0715. The molecule has 0 aliphatic carbocycles. The van der Waals surface area contributed by atoms with Gasteiger partial charge in [0.25, 0.3) is 5.91 Å². The summed E-state index contributed by atoms with van der Waals surface area (Å²) in [5, 5.41) is 4.55. The van der Waals surface area contributed by atoms with E-state index in [1.165, 1.54) is 0 Å². The highest BCUT2D eigenvalue weighted by Gasteiger charge is 2.32. The predicted molar refractivity (Wildman–Crippen MR) is 118 cm³/mol. The smallest absolute Gasteiger partial charge is 0.254 e. The van der Waals surface area contributed by atoms with Crippen molar-refractivity contribution in [2.45, 2.75) is 65.3 Å². The molecule has 3 unspecified atom stereocenters. The summed E-state index contributed by atoms with van der Waals surface area (Å²) in [6, 6.07) is 10.4. The minimum atomic E-state index is 0.155. The Hall–Kier alpha value is -2.18. The summed E-state index contributed by atoms with van der Waals surface area (Å²) in [5.74, 6) is 0.155. The van der Waals surface area contributed by atoms with E-state index in [-0.39, 0.29) is 24.2 Å². The number of aryl methyl sites for hydroxylation is 2. The van der Waals surface area contributed by atoms with Crippen molar-refractivity contribution in [3.63, 3.8) is 0 Å². The van der Waals surface area contributed by atoms with Crippen LogP contribution < -0.4 is 0 Å². The maximum absolute atomic E-state index is 13.4. The van der Waals surface area contributed by atoms with Crippen LogP contribution in [-0.4, -0.2) is 69.9 Å². The van der Waals surface area contributed by atoms with Crippen LogP contribution in [0.4, 0.5) is 0 Å². The molecule has 4 rings (SSSR count). The Morgan fingerprint density at radius 1 is 1.17 bits per heavy atom. The van der Waals surface area contributed by atoms with Gasteiger partial charge in [-0.2, -0.15) is 5.10 Å². The third-order valence-corrected chi connectivity index (χ3v) is 6.21. The minimum absolute atomic E-state index is 0.155. The van der Waals surface area contributed by atoms with E-state index < -0.39 is 0 Å². The maximum atomic E-state index is 13.4. The monoisotopic (exact) mass is 410 g/mol. The normalized spacial score (nSPS) is 25.1. The molecule has 2 aliphatic heterocycles. The van der Waals surface area contributed by atoms with E-state index >= 15 is 0 Å². The number of benzene rings is 1. The molecule has 3 atom stereocenters. The number of rotatable bonds is 5. The highest BCUT2D eigenvalue weighted by molar-refractivity contribution is 5.94. The van der Waals surface area contributed by atoms with Gasteiger partial charge in [0.1, 0.15) is 0 Å². The Bertz CT molecular complexity index is 883. The van der Waals surface area contributed by atoms with Crippen molar-refractivity contribution in [2.75, 3.05) is 26.2 Å². The van der Waals surface area contributed by atoms with Gasteiger partial charge in [0.05, 0.1) is 24.4 Å². The highest BCUT2D eigenvalue weighted by atomic mass is 16.5. The Balaban J connectivity index is 1.44. The second kappa shape index (κ2) is 8.90. The average Bonchev–Trinajstić information content (AvgIpc) is 3.26. The number of ether oxygens (including phenoxy) is 1. The molecule has 30 heavy (non-hydrogen) atoms. The Kier molecular flexibility index (Phi) is 6.25. The van der Waals surface area contributed by atoms with E-state index in [2.05, 4.69) is 47.8 Å². The van der Waals surface area contributed by atoms with Crippen LogP contribution in [0.1, 0.15) is 54.0 Å². The van der Waals surface area contributed by atoms with Crippen LogP contribution in [0.25, 0.3) is 0 Å². The van der Waals surface area contributed by atoms with Gasteiger partial charge in [-0.15, -0.1) is 0 Å². The van der Waals surface area contributed by atoms with Gasteiger partial charge in [0, 0.05) is 43.5 Å². The van der Waals surface area contributed by atoms with Gasteiger partial charge in [-0.3, -0.25) is 14.4 Å². The third kappa shape index (κ3) is 4.76. The fraction of sp³-hybridized carbons (Fsp3) is 0.583. The van der Waals surface area contributed by atoms with E-state index in [0.29, 0.717) is 6.54 Å². The summed E-state index contributed by atoms with van der Waals surface area (Å²) >= 11 is 0. The number of carbonyl (C=O) groups is 1. The number of nitrogens with zero attached hydrogens (tertiary/aromatic N) is 4. The Morgan fingerprint density at radius 3 is 2.63 bits per heavy atom. The van der Waals surface area contributed by atoms with Crippen LogP contribution in [0, 0.1) is 13.8 Å². The van der Waals surface area contributed by atoms with Crippen molar-refractivity contribution in [2.24, 2.45) is 0 Å². The second-order valence-corrected chi connectivity index (χ2v) is 9.06. The number of likely N-dealkylation sites (tertiary alicyclic amines) is 1. The molecule has 3 heterocycles. The minimum Gasteiger partial charge on any atom is -0.373 e. The van der Waals surface area contributed by atoms with Gasteiger partial charge in [-0.05, 0) is 64.3 Å². The number of carbonyl (C=O) groups excluding carboxylic acids is 1. The molecule has 2 aliphatic rings. The van der Waals surface area contributed by atoms with Gasteiger partial charge >= 0.3 is 0 Å². The molecule has 6 nitrogen and oxygen atoms in total. The zero-order chi connectivity index (χ0) is 21.3. The molecule has 1 aromatic heterocycles. The second-order valence-electron chi connectivity index (χ2n) is 9.06. The van der Waals surface area contributed by atoms with Gasteiger partial charge in [0.15, 0.2) is 0 Å². The first kappa shape index (κ1) is 21.1. The third-order valence-electron chi connectivity index (χ3n) is 6.21. The maximum Gasteiger partial charge on any atom is 0.254 e. The first-order valence-corrected chi connectivity index (χ1v) is 11.2. The summed E-state index contributed by atoms with van der Waals surface area (Å²) in [5.41, 5.74) is 4.05. The number of morpholine rings is 1. The fourth-order valence-electron chi connectivity index (χ4n) is 5.00. The van der Waals surface area contributed by atoms with E-state index in [4.69, 9.17) is 4.74 Å². The van der Waals surface area contributed by atoms with Crippen LogP contribution in [0.15, 0.2) is 30.3 Å². The quantitative estimate of drug-likeness (QED) is 0.759. The molecular weight excluding hydrogens is 376 g/mol. The van der Waals surface area contributed by atoms with Crippen molar-refractivity contribution >= 4 is 5.91 Å². The fourth-order valence-corrected chi connectivity index (χ4v) is 5.00. The van der Waals surface area contributed by atoms with Crippen LogP contribution in [0.2, 0.25) is 0 Å². The van der Waals surface area contributed by atoms with Crippen LogP contribution >= 0.6 is 0 Å². The van der Waals surface area contributed by atoms with Crippen molar-refractivity contribution < 1.29 is 9.53 Å². The lowest BCUT2D eigenvalue weighted by Gasteiger charge is -2.38. The van der Waals surface area contributed by atoms with Crippen LogP contribution in [0.5, 0.6) is 0 Å². The molecule has 0 bridgehead atoms. The average molecular weight is 411 g/mol. The highest BCUT2D eigenvalue weighted by Crippen LogP contribution is 2.23. The van der Waals surface area contributed by atoms with Gasteiger partial charge in [-0.1, -0.05) is 12.1 Å². The largest absolute Gasteiger partial charge is 0.373 e. The van der Waals surface area contributed by atoms with E-state index in [9.17, 15) is 4.79 Å². The van der Waals surface area contributed by atoms with Crippen molar-refractivity contribution in [1.82, 2.24) is 19.6 Å². The predicted octanol–water partition coefficient (Wildman–Crippen LogP) is 3.26. The van der Waals surface area contributed by atoms with Crippen molar-refractivity contribution in [3.8, 4) is 0 Å². The zero-order valence-corrected chi connectivity index (χ0v) is 18.7. The Morgan fingerprint density at radius 2 is 1.93 bits per heavy atom. The molecule has 0 radical (unpaired) electrons. The molecule has 2 aromatic rings. The van der Waals surface area contributed by atoms with Gasteiger partial charge < -0.3 is 9.64 Å². The summed E-state index contributed by atoms with van der Waals surface area (Å²) in [6.07, 6.45) is 2.67. The van der Waals surface area contributed by atoms with Crippen LogP contribution in [0.3, 0.4) is 0 Å². The standard InChI is InChI=1S/C24H34N4O2/c1-17-11-18(2)28(25-17)15-21-7-5-8-22(12-21)24(29)27-10-6-9-23(27)16-26-13-19(3)30-20(4)14-26/h5,7-8,11-12,19-20,23H,6,9-10,13-16H2,1-4H3. The van der Waals surface area contributed by atoms with Gasteiger partial charge in [-0.25, -0.2) is 0 Å².